The van der Waals surface area contributed by atoms with Gasteiger partial charge in [-0.1, -0.05) is 20.8 Å². The maximum absolute atomic E-state index is 5.57. The molecule has 1 unspecified atom stereocenters. The normalized spacial score (nSPS) is 22.1. The highest BCUT2D eigenvalue weighted by molar-refractivity contribution is 5.17. The van der Waals surface area contributed by atoms with Crippen molar-refractivity contribution < 1.29 is 4.74 Å². The molecule has 1 atom stereocenters. The van der Waals surface area contributed by atoms with Crippen molar-refractivity contribution in [1.82, 2.24) is 9.78 Å². The van der Waals surface area contributed by atoms with Crippen molar-refractivity contribution in [3.8, 4) is 0 Å². The molecule has 14 heavy (non-hydrogen) atoms. The maximum Gasteiger partial charge on any atom is 0.0889 e. The first-order valence-corrected chi connectivity index (χ1v) is 5.15. The van der Waals surface area contributed by atoms with E-state index in [1.165, 1.54) is 5.69 Å². The Kier molecular flexibility index (Phi) is 2.14. The molecular weight excluding hydrogens is 176 g/mol. The van der Waals surface area contributed by atoms with Gasteiger partial charge in [0, 0.05) is 5.41 Å². The minimum absolute atomic E-state index is 0.133. The first kappa shape index (κ1) is 9.71. The van der Waals surface area contributed by atoms with Gasteiger partial charge in [0.15, 0.2) is 0 Å². The highest BCUT2D eigenvalue weighted by Crippen LogP contribution is 2.24. The van der Waals surface area contributed by atoms with Crippen LogP contribution in [0.25, 0.3) is 0 Å². The molecule has 0 saturated heterocycles. The topological polar surface area (TPSA) is 27.1 Å². The van der Waals surface area contributed by atoms with E-state index in [2.05, 4.69) is 43.5 Å². The molecule has 1 aliphatic rings. The average Bonchev–Trinajstić information content (AvgIpc) is 2.45. The van der Waals surface area contributed by atoms with Crippen LogP contribution in [0.5, 0.6) is 0 Å². The summed E-state index contributed by atoms with van der Waals surface area (Å²) in [5.74, 6) is 0. The largest absolute Gasteiger partial charge is 0.370 e. The minimum atomic E-state index is 0.133. The van der Waals surface area contributed by atoms with Crippen molar-refractivity contribution in [2.24, 2.45) is 0 Å². The monoisotopic (exact) mass is 194 g/mol. The zero-order chi connectivity index (χ0) is 10.3. The summed E-state index contributed by atoms with van der Waals surface area (Å²) in [6, 6.07) is 2.16. The van der Waals surface area contributed by atoms with Crippen molar-refractivity contribution in [2.45, 2.75) is 52.4 Å². The minimum Gasteiger partial charge on any atom is -0.370 e. The molecule has 0 amide bonds. The summed E-state index contributed by atoms with van der Waals surface area (Å²) in [5.41, 5.74) is 2.49. The van der Waals surface area contributed by atoms with E-state index in [0.29, 0.717) is 6.61 Å². The van der Waals surface area contributed by atoms with Crippen molar-refractivity contribution in [2.75, 3.05) is 0 Å². The molecule has 1 aromatic rings. The van der Waals surface area contributed by atoms with Gasteiger partial charge in [0.2, 0.25) is 0 Å². The van der Waals surface area contributed by atoms with Crippen molar-refractivity contribution in [3.05, 3.63) is 17.5 Å². The smallest absolute Gasteiger partial charge is 0.0889 e. The zero-order valence-electron chi connectivity index (χ0n) is 9.37. The molecule has 3 nitrogen and oxygen atoms in total. The molecule has 0 bridgehead atoms. The van der Waals surface area contributed by atoms with Crippen LogP contribution < -0.4 is 0 Å². The molecule has 0 spiro atoms. The quantitative estimate of drug-likeness (QED) is 0.632. The summed E-state index contributed by atoms with van der Waals surface area (Å²) in [7, 11) is 0. The van der Waals surface area contributed by atoms with Gasteiger partial charge in [-0.3, -0.25) is 4.68 Å². The maximum atomic E-state index is 5.57. The van der Waals surface area contributed by atoms with E-state index in [1.807, 2.05) is 0 Å². The fraction of sp³-hybridized carbons (Fsp3) is 0.727. The second-order valence-electron chi connectivity index (χ2n) is 5.07. The summed E-state index contributed by atoms with van der Waals surface area (Å²) in [6.07, 6.45) is 0.287. The van der Waals surface area contributed by atoms with Crippen LogP contribution in [-0.2, 0) is 23.3 Å². The van der Waals surface area contributed by atoms with Crippen LogP contribution in [-0.4, -0.2) is 15.9 Å². The van der Waals surface area contributed by atoms with E-state index in [4.69, 9.17) is 4.74 Å². The van der Waals surface area contributed by atoms with E-state index < -0.39 is 0 Å². The molecule has 0 radical (unpaired) electrons. The molecule has 2 rings (SSSR count). The van der Waals surface area contributed by atoms with E-state index in [9.17, 15) is 0 Å². The van der Waals surface area contributed by atoms with E-state index in [0.717, 1.165) is 12.2 Å². The fourth-order valence-electron chi connectivity index (χ4n) is 1.62. The molecule has 78 valence electrons. The summed E-state index contributed by atoms with van der Waals surface area (Å²) in [4.78, 5) is 0. The standard InChI is InChI=1S/C11H18N2O/c1-8-6-13-9(7-14-8)5-10(12-13)11(2,3)4/h5,8H,6-7H2,1-4H3. The van der Waals surface area contributed by atoms with E-state index in [1.54, 1.807) is 0 Å². The van der Waals surface area contributed by atoms with Crippen LogP contribution in [0.3, 0.4) is 0 Å². The van der Waals surface area contributed by atoms with Gasteiger partial charge in [0.1, 0.15) is 0 Å². The Morgan fingerprint density at radius 2 is 2.21 bits per heavy atom. The molecule has 1 aromatic heterocycles. The Morgan fingerprint density at radius 3 is 2.86 bits per heavy atom. The third-order valence-corrected chi connectivity index (χ3v) is 2.58. The molecule has 3 heteroatoms. The van der Waals surface area contributed by atoms with Crippen LogP contribution in [0.1, 0.15) is 39.1 Å². The lowest BCUT2D eigenvalue weighted by molar-refractivity contribution is 0.0123. The number of ether oxygens (including phenoxy) is 1. The Balaban J connectivity index is 2.32. The zero-order valence-corrected chi connectivity index (χ0v) is 9.37. The Hall–Kier alpha value is -0.830. The van der Waals surface area contributed by atoms with Crippen LogP contribution in [0.15, 0.2) is 6.07 Å². The van der Waals surface area contributed by atoms with Gasteiger partial charge in [-0.05, 0) is 13.0 Å². The number of hydrogen-bond donors (Lipinski definition) is 0. The third kappa shape index (κ3) is 1.69. The SMILES string of the molecule is CC1Cn2nc(C(C)(C)C)cc2CO1. The van der Waals surface area contributed by atoms with Crippen molar-refractivity contribution in [1.29, 1.82) is 0 Å². The van der Waals surface area contributed by atoms with Crippen molar-refractivity contribution in [3.63, 3.8) is 0 Å². The lowest BCUT2D eigenvalue weighted by atomic mass is 9.92. The van der Waals surface area contributed by atoms with E-state index in [-0.39, 0.29) is 11.5 Å². The van der Waals surface area contributed by atoms with Gasteiger partial charge in [-0.25, -0.2) is 0 Å². The second-order valence-corrected chi connectivity index (χ2v) is 5.07. The average molecular weight is 194 g/mol. The number of fused-ring (bicyclic) bond motifs is 1. The summed E-state index contributed by atoms with van der Waals surface area (Å²) in [5, 5.41) is 4.61. The molecule has 1 aliphatic heterocycles. The molecule has 0 saturated carbocycles. The molecule has 0 aromatic carbocycles. The van der Waals surface area contributed by atoms with Crippen LogP contribution in [0.4, 0.5) is 0 Å². The van der Waals surface area contributed by atoms with Crippen LogP contribution in [0, 0.1) is 0 Å². The predicted octanol–water partition coefficient (Wildman–Crippen LogP) is 2.10. The Labute approximate surface area is 85.1 Å². The van der Waals surface area contributed by atoms with Gasteiger partial charge in [-0.15, -0.1) is 0 Å². The molecule has 2 heterocycles. The summed E-state index contributed by atoms with van der Waals surface area (Å²) in [6.45, 7) is 10.2. The third-order valence-electron chi connectivity index (χ3n) is 2.58. The second kappa shape index (κ2) is 3.09. The fourth-order valence-corrected chi connectivity index (χ4v) is 1.62. The lowest BCUT2D eigenvalue weighted by Gasteiger charge is -2.20. The highest BCUT2D eigenvalue weighted by atomic mass is 16.5. The molecular formula is C11H18N2O. The Morgan fingerprint density at radius 1 is 1.50 bits per heavy atom. The number of nitrogens with zero attached hydrogens (tertiary/aromatic N) is 2. The van der Waals surface area contributed by atoms with Gasteiger partial charge in [0.25, 0.3) is 0 Å². The van der Waals surface area contributed by atoms with Gasteiger partial charge >= 0.3 is 0 Å². The van der Waals surface area contributed by atoms with Crippen molar-refractivity contribution >= 4 is 0 Å². The van der Waals surface area contributed by atoms with E-state index >= 15 is 0 Å². The molecule has 0 aliphatic carbocycles. The number of hydrogen-bond acceptors (Lipinski definition) is 2. The summed E-state index contributed by atoms with van der Waals surface area (Å²) >= 11 is 0. The van der Waals surface area contributed by atoms with Gasteiger partial charge in [-0.2, -0.15) is 5.10 Å². The molecule has 0 fully saturated rings. The highest BCUT2D eigenvalue weighted by Gasteiger charge is 2.23. The van der Waals surface area contributed by atoms with Gasteiger partial charge in [0.05, 0.1) is 30.6 Å². The predicted molar refractivity (Wildman–Crippen MR) is 55.2 cm³/mol. The Bertz CT molecular complexity index is 336. The first-order chi connectivity index (χ1) is 6.47. The molecule has 0 N–H and O–H groups in total. The first-order valence-electron chi connectivity index (χ1n) is 5.15. The van der Waals surface area contributed by atoms with Crippen LogP contribution >= 0.6 is 0 Å². The van der Waals surface area contributed by atoms with Gasteiger partial charge < -0.3 is 4.74 Å². The lowest BCUT2D eigenvalue weighted by Crippen LogP contribution is -2.25. The number of aromatic nitrogens is 2. The van der Waals surface area contributed by atoms with Crippen LogP contribution in [0.2, 0.25) is 0 Å². The summed E-state index contributed by atoms with van der Waals surface area (Å²) < 4.78 is 7.65. The number of rotatable bonds is 0.